The summed E-state index contributed by atoms with van der Waals surface area (Å²) in [5, 5.41) is 17.2. The maximum absolute atomic E-state index is 14.9. The highest BCUT2D eigenvalue weighted by Crippen LogP contribution is 2.28. The molecule has 4 amide bonds. The van der Waals surface area contributed by atoms with Gasteiger partial charge in [-0.25, -0.2) is 28.0 Å². The summed E-state index contributed by atoms with van der Waals surface area (Å²) in [5.41, 5.74) is 4.90. The fourth-order valence-electron chi connectivity index (χ4n) is 7.77. The Bertz CT molecular complexity index is 2730. The van der Waals surface area contributed by atoms with Crippen molar-refractivity contribution in [1.82, 2.24) is 19.6 Å². The minimum absolute atomic E-state index is 0.0448. The molecule has 2 saturated heterocycles. The fraction of sp³-hybridized carbons (Fsp3) is 0.259. The number of anilines is 2. The van der Waals surface area contributed by atoms with Crippen molar-refractivity contribution in [3.05, 3.63) is 184 Å². The molecule has 14 nitrogen and oxygen atoms in total. The number of likely N-dealkylation sites (N-methyl/N-ethyl adjacent to an activating group) is 2. The molecule has 2 N–H and O–H groups in total. The molecule has 0 spiro atoms. The molecule has 0 atom stereocenters. The van der Waals surface area contributed by atoms with Crippen molar-refractivity contribution in [3.8, 4) is 11.1 Å². The smallest absolute Gasteiger partial charge is 0.465 e. The van der Waals surface area contributed by atoms with E-state index >= 15 is 0 Å². The van der Waals surface area contributed by atoms with Crippen LogP contribution in [0.2, 0.25) is 0 Å². The van der Waals surface area contributed by atoms with Gasteiger partial charge in [0, 0.05) is 79.3 Å². The van der Waals surface area contributed by atoms with Gasteiger partial charge in [0.25, 0.3) is 0 Å². The molecule has 6 aromatic carbocycles. The molecule has 2 heterocycles. The Kier molecular flexibility index (Phi) is 20.0. The van der Waals surface area contributed by atoms with Crippen molar-refractivity contribution in [2.75, 3.05) is 90.5 Å². The maximum Gasteiger partial charge on any atom is 0.488 e. The third-order valence-corrected chi connectivity index (χ3v) is 12.7. The zero-order chi connectivity index (χ0) is 51.7. The number of urea groups is 2. The number of amides is 4. The minimum atomic E-state index is -1.34. The van der Waals surface area contributed by atoms with Gasteiger partial charge in [-0.15, -0.1) is 0 Å². The fourth-order valence-corrected chi connectivity index (χ4v) is 8.03. The number of carbonyl (C=O) groups excluding carboxylic acids is 4. The molecule has 2 aliphatic rings. The summed E-state index contributed by atoms with van der Waals surface area (Å²) in [6.07, 6.45) is 0. The molecule has 0 radical (unpaired) electrons. The molecule has 2 fully saturated rings. The van der Waals surface area contributed by atoms with E-state index in [9.17, 15) is 28.0 Å². The predicted molar refractivity (Wildman–Crippen MR) is 279 cm³/mol. The van der Waals surface area contributed by atoms with Gasteiger partial charge in [-0.1, -0.05) is 101 Å². The standard InChI is InChI=1S/C27H28FN3O3.C21H23BrFN3O3.C6H7BO2/c1-29-14-16-30(17-15-29)27(33)31(19-23-9-8-22(18-25(23)28)26(32)34-2)24-12-10-21(11-13-24)20-6-4-3-5-7-20;1-24-9-11-25(12-10-24)21(28)26(18-7-5-17(22)6-8-18)14-16-4-3-15(13-19(16)23)20(27)29-2;8-7(9)6-4-2-1-3-5-6/h3-13,18H,14-17,19H2,1-2H3;3-8,13H,9-12,14H2,1-2H3;1-5,8-9H. The summed E-state index contributed by atoms with van der Waals surface area (Å²) in [6, 6.07) is 41.7. The minimum Gasteiger partial charge on any atom is -0.465 e. The van der Waals surface area contributed by atoms with Crippen molar-refractivity contribution < 1.29 is 47.5 Å². The lowest BCUT2D eigenvalue weighted by molar-refractivity contribution is 0.0591. The number of halogens is 3. The molecule has 2 aliphatic heterocycles. The third-order valence-electron chi connectivity index (χ3n) is 12.1. The third kappa shape index (κ3) is 15.0. The van der Waals surface area contributed by atoms with Gasteiger partial charge in [-0.2, -0.15) is 0 Å². The van der Waals surface area contributed by atoms with Crippen LogP contribution in [0.4, 0.5) is 29.7 Å². The number of hydrogen-bond acceptors (Lipinski definition) is 10. The Hall–Kier alpha value is -6.96. The van der Waals surface area contributed by atoms with E-state index in [2.05, 4.69) is 35.2 Å². The van der Waals surface area contributed by atoms with Gasteiger partial charge in [0.1, 0.15) is 11.6 Å². The van der Waals surface area contributed by atoms with Crippen LogP contribution in [0.25, 0.3) is 11.1 Å². The molecule has 6 aromatic rings. The van der Waals surface area contributed by atoms with Crippen molar-refractivity contribution in [2.24, 2.45) is 0 Å². The van der Waals surface area contributed by atoms with Crippen molar-refractivity contribution in [1.29, 1.82) is 0 Å². The van der Waals surface area contributed by atoms with Crippen LogP contribution >= 0.6 is 15.9 Å². The van der Waals surface area contributed by atoms with Crippen LogP contribution in [0.1, 0.15) is 31.8 Å². The molecule has 0 aliphatic carbocycles. The van der Waals surface area contributed by atoms with E-state index in [1.54, 1.807) is 43.9 Å². The second kappa shape index (κ2) is 26.5. The normalized spacial score (nSPS) is 13.6. The zero-order valence-corrected chi connectivity index (χ0v) is 42.3. The number of esters is 2. The Morgan fingerprint density at radius 3 is 1.28 bits per heavy atom. The summed E-state index contributed by atoms with van der Waals surface area (Å²) in [6.45, 7) is 5.71. The Morgan fingerprint density at radius 1 is 0.542 bits per heavy atom. The number of ether oxygens (including phenoxy) is 2. The van der Waals surface area contributed by atoms with Gasteiger partial charge in [-0.3, -0.25) is 9.80 Å². The lowest BCUT2D eigenvalue weighted by atomic mass is 9.81. The first kappa shape index (κ1) is 54.4. The summed E-state index contributed by atoms with van der Waals surface area (Å²) in [5.74, 6) is -2.32. The highest BCUT2D eigenvalue weighted by atomic mass is 79.9. The van der Waals surface area contributed by atoms with Crippen molar-refractivity contribution >= 4 is 63.9 Å². The van der Waals surface area contributed by atoms with E-state index in [0.29, 0.717) is 54.1 Å². The predicted octanol–water partition coefficient (Wildman–Crippen LogP) is 7.77. The topological polar surface area (TPSA) is 147 Å². The number of piperazine rings is 2. The molecule has 18 heteroatoms. The quantitative estimate of drug-likeness (QED) is 0.103. The van der Waals surface area contributed by atoms with Crippen LogP contribution in [0.5, 0.6) is 0 Å². The van der Waals surface area contributed by atoms with Crippen LogP contribution < -0.4 is 15.3 Å². The lowest BCUT2D eigenvalue weighted by Crippen LogP contribution is -2.52. The van der Waals surface area contributed by atoms with Crippen molar-refractivity contribution in [3.63, 3.8) is 0 Å². The van der Waals surface area contributed by atoms with E-state index in [1.807, 2.05) is 99.0 Å². The number of rotatable bonds is 10. The molecule has 72 heavy (non-hydrogen) atoms. The lowest BCUT2D eigenvalue weighted by Gasteiger charge is -2.36. The summed E-state index contributed by atoms with van der Waals surface area (Å²) in [4.78, 5) is 61.2. The van der Waals surface area contributed by atoms with Gasteiger partial charge in [0.05, 0.1) is 38.4 Å². The van der Waals surface area contributed by atoms with E-state index in [-0.39, 0.29) is 36.3 Å². The molecule has 0 saturated carbocycles. The summed E-state index contributed by atoms with van der Waals surface area (Å²) in [7, 11) is 5.21. The van der Waals surface area contributed by atoms with Gasteiger partial charge in [0.2, 0.25) is 0 Å². The second-order valence-corrected chi connectivity index (χ2v) is 18.0. The molecular formula is C54H58BBrF2N6O8. The summed E-state index contributed by atoms with van der Waals surface area (Å²) < 4.78 is 39.8. The van der Waals surface area contributed by atoms with E-state index in [0.717, 1.165) is 53.9 Å². The first-order valence-corrected chi connectivity index (χ1v) is 24.0. The molecule has 376 valence electrons. The highest BCUT2D eigenvalue weighted by molar-refractivity contribution is 9.10. The SMILES string of the molecule is COC(=O)c1ccc(CN(C(=O)N2CCN(C)CC2)c2ccc(-c3ccccc3)cc2)c(F)c1.COC(=O)c1ccc(CN(C(=O)N2CCN(C)CC2)c2ccc(Br)cc2)c(F)c1.OB(O)c1ccccc1. The Morgan fingerprint density at radius 2 is 0.917 bits per heavy atom. The van der Waals surface area contributed by atoms with Gasteiger partial charge < -0.3 is 39.1 Å². The monoisotopic (exact) mass is 1050 g/mol. The van der Waals surface area contributed by atoms with E-state index < -0.39 is 30.7 Å². The van der Waals surface area contributed by atoms with Crippen LogP contribution in [0, 0.1) is 11.6 Å². The van der Waals surface area contributed by atoms with Crippen LogP contribution in [0.15, 0.2) is 150 Å². The summed E-state index contributed by atoms with van der Waals surface area (Å²) >= 11 is 3.40. The molecule has 0 bridgehead atoms. The second-order valence-electron chi connectivity index (χ2n) is 17.1. The highest BCUT2D eigenvalue weighted by Gasteiger charge is 2.28. The number of methoxy groups -OCH3 is 2. The van der Waals surface area contributed by atoms with Crippen LogP contribution in [-0.2, 0) is 22.6 Å². The first-order chi connectivity index (χ1) is 34.6. The Balaban J connectivity index is 0.000000202. The molecular weight excluding hydrogens is 989 g/mol. The average Bonchev–Trinajstić information content (AvgIpc) is 3.41. The molecule has 0 unspecified atom stereocenters. The number of nitrogens with zero attached hydrogens (tertiary/aromatic N) is 6. The molecule has 0 aromatic heterocycles. The van der Waals surface area contributed by atoms with Gasteiger partial charge >= 0.3 is 31.1 Å². The van der Waals surface area contributed by atoms with Gasteiger partial charge in [0.15, 0.2) is 0 Å². The van der Waals surface area contributed by atoms with Crippen LogP contribution in [-0.4, -0.2) is 141 Å². The number of hydrogen-bond donors (Lipinski definition) is 2. The van der Waals surface area contributed by atoms with Gasteiger partial charge in [-0.05, 0) is 91.3 Å². The van der Waals surface area contributed by atoms with E-state index in [1.165, 1.54) is 38.5 Å². The number of carbonyl (C=O) groups is 4. The van der Waals surface area contributed by atoms with Crippen LogP contribution in [0.3, 0.4) is 0 Å². The molecule has 8 rings (SSSR count). The average molecular weight is 1050 g/mol. The largest absolute Gasteiger partial charge is 0.488 e. The maximum atomic E-state index is 14.9. The van der Waals surface area contributed by atoms with E-state index in [4.69, 9.17) is 10.0 Å². The van der Waals surface area contributed by atoms with Crippen molar-refractivity contribution in [2.45, 2.75) is 13.1 Å². The zero-order valence-electron chi connectivity index (χ0n) is 40.7. The first-order valence-electron chi connectivity index (χ1n) is 23.2. The number of benzene rings is 6. The Labute approximate surface area is 427 Å².